The van der Waals surface area contributed by atoms with Crippen LogP contribution in [0.2, 0.25) is 0 Å². The second kappa shape index (κ2) is 6.76. The van der Waals surface area contributed by atoms with Gasteiger partial charge in [0.1, 0.15) is 11.5 Å². The standard InChI is InChI=1S/C22H18N2O2/c1-15-13-17-14-20(11-12-21(17)23-15)26-19-9-7-16(8-10-19)22(25)24-18-5-3-2-4-6-18/h2-14,23H,1H3,(H,24,25). The zero-order chi connectivity index (χ0) is 17.9. The maximum Gasteiger partial charge on any atom is 0.255 e. The van der Waals surface area contributed by atoms with Gasteiger partial charge in [-0.15, -0.1) is 0 Å². The normalized spacial score (nSPS) is 10.7. The zero-order valence-electron chi connectivity index (χ0n) is 14.3. The van der Waals surface area contributed by atoms with E-state index < -0.39 is 0 Å². The molecule has 2 N–H and O–H groups in total. The van der Waals surface area contributed by atoms with Gasteiger partial charge in [-0.1, -0.05) is 18.2 Å². The highest BCUT2D eigenvalue weighted by atomic mass is 16.5. The summed E-state index contributed by atoms with van der Waals surface area (Å²) in [6.45, 7) is 2.03. The highest BCUT2D eigenvalue weighted by Crippen LogP contribution is 2.26. The Morgan fingerprint density at radius 2 is 1.62 bits per heavy atom. The minimum Gasteiger partial charge on any atom is -0.457 e. The number of aromatic nitrogens is 1. The number of para-hydroxylation sites is 1. The van der Waals surface area contributed by atoms with Crippen LogP contribution in [0.5, 0.6) is 11.5 Å². The number of rotatable bonds is 4. The predicted molar refractivity (Wildman–Crippen MR) is 104 cm³/mol. The molecule has 4 aromatic rings. The van der Waals surface area contributed by atoms with Crippen molar-refractivity contribution in [2.24, 2.45) is 0 Å². The van der Waals surface area contributed by atoms with Gasteiger partial charge in [0.2, 0.25) is 0 Å². The summed E-state index contributed by atoms with van der Waals surface area (Å²) in [5.74, 6) is 1.30. The van der Waals surface area contributed by atoms with Crippen LogP contribution < -0.4 is 10.1 Å². The molecule has 1 amide bonds. The number of fused-ring (bicyclic) bond motifs is 1. The lowest BCUT2D eigenvalue weighted by molar-refractivity contribution is 0.102. The number of aromatic amines is 1. The number of carbonyl (C=O) groups is 1. The quantitative estimate of drug-likeness (QED) is 0.513. The largest absolute Gasteiger partial charge is 0.457 e. The summed E-state index contributed by atoms with van der Waals surface area (Å²) in [6.07, 6.45) is 0. The van der Waals surface area contributed by atoms with E-state index in [0.717, 1.165) is 28.0 Å². The molecule has 1 aromatic heterocycles. The van der Waals surface area contributed by atoms with E-state index in [1.165, 1.54) is 0 Å². The smallest absolute Gasteiger partial charge is 0.255 e. The monoisotopic (exact) mass is 342 g/mol. The number of anilines is 1. The van der Waals surface area contributed by atoms with Crippen LogP contribution in [0, 0.1) is 6.92 Å². The molecule has 0 aliphatic heterocycles. The number of H-pyrrole nitrogens is 1. The Morgan fingerprint density at radius 3 is 2.38 bits per heavy atom. The van der Waals surface area contributed by atoms with Crippen molar-refractivity contribution in [1.82, 2.24) is 4.98 Å². The van der Waals surface area contributed by atoms with E-state index in [4.69, 9.17) is 4.74 Å². The molecule has 3 aromatic carbocycles. The Balaban J connectivity index is 1.47. The van der Waals surface area contributed by atoms with E-state index in [1.54, 1.807) is 24.3 Å². The number of carbonyl (C=O) groups excluding carboxylic acids is 1. The number of nitrogens with one attached hydrogen (secondary N) is 2. The number of aryl methyl sites for hydroxylation is 1. The van der Waals surface area contributed by atoms with Crippen molar-refractivity contribution in [3.05, 3.63) is 90.1 Å². The van der Waals surface area contributed by atoms with Crippen molar-refractivity contribution in [3.8, 4) is 11.5 Å². The molecule has 26 heavy (non-hydrogen) atoms. The maximum absolute atomic E-state index is 12.3. The van der Waals surface area contributed by atoms with Gasteiger partial charge in [0.05, 0.1) is 0 Å². The van der Waals surface area contributed by atoms with Crippen LogP contribution in [0.1, 0.15) is 16.1 Å². The van der Waals surface area contributed by atoms with Gasteiger partial charge in [0, 0.05) is 27.8 Å². The van der Waals surface area contributed by atoms with E-state index in [1.807, 2.05) is 55.5 Å². The summed E-state index contributed by atoms with van der Waals surface area (Å²) >= 11 is 0. The van der Waals surface area contributed by atoms with Crippen LogP contribution in [-0.2, 0) is 0 Å². The number of hydrogen-bond donors (Lipinski definition) is 2. The topological polar surface area (TPSA) is 54.1 Å². The molecule has 0 atom stereocenters. The molecular formula is C22H18N2O2. The summed E-state index contributed by atoms with van der Waals surface area (Å²) in [4.78, 5) is 15.6. The average molecular weight is 342 g/mol. The van der Waals surface area contributed by atoms with E-state index in [9.17, 15) is 4.79 Å². The van der Waals surface area contributed by atoms with Gasteiger partial charge in [-0.2, -0.15) is 0 Å². The molecule has 0 radical (unpaired) electrons. The van der Waals surface area contributed by atoms with Crippen molar-refractivity contribution in [2.75, 3.05) is 5.32 Å². The highest BCUT2D eigenvalue weighted by molar-refractivity contribution is 6.04. The summed E-state index contributed by atoms with van der Waals surface area (Å²) in [5.41, 5.74) is 3.56. The number of hydrogen-bond acceptors (Lipinski definition) is 2. The minimum atomic E-state index is -0.146. The fourth-order valence-electron chi connectivity index (χ4n) is 2.85. The molecule has 128 valence electrons. The molecule has 0 fully saturated rings. The van der Waals surface area contributed by atoms with Crippen molar-refractivity contribution in [1.29, 1.82) is 0 Å². The number of benzene rings is 3. The molecule has 4 nitrogen and oxygen atoms in total. The van der Waals surface area contributed by atoms with Gasteiger partial charge in [-0.3, -0.25) is 4.79 Å². The van der Waals surface area contributed by atoms with Crippen LogP contribution >= 0.6 is 0 Å². The van der Waals surface area contributed by atoms with Crippen LogP contribution in [0.15, 0.2) is 78.9 Å². The van der Waals surface area contributed by atoms with Gasteiger partial charge in [-0.25, -0.2) is 0 Å². The Kier molecular flexibility index (Phi) is 4.15. The van der Waals surface area contributed by atoms with Gasteiger partial charge < -0.3 is 15.0 Å². The Morgan fingerprint density at radius 1 is 0.885 bits per heavy atom. The lowest BCUT2D eigenvalue weighted by Gasteiger charge is -2.08. The predicted octanol–water partition coefficient (Wildman–Crippen LogP) is 5.52. The van der Waals surface area contributed by atoms with Crippen LogP contribution in [0.4, 0.5) is 5.69 Å². The molecule has 0 saturated heterocycles. The van der Waals surface area contributed by atoms with Gasteiger partial charge in [0.25, 0.3) is 5.91 Å². The summed E-state index contributed by atoms with van der Waals surface area (Å²) in [7, 11) is 0. The van der Waals surface area contributed by atoms with Gasteiger partial charge in [-0.05, 0) is 67.6 Å². The molecule has 0 spiro atoms. The third-order valence-corrected chi connectivity index (χ3v) is 4.11. The average Bonchev–Trinajstić information content (AvgIpc) is 3.02. The Bertz CT molecular complexity index is 1050. The summed E-state index contributed by atoms with van der Waals surface area (Å²) < 4.78 is 5.90. The highest BCUT2D eigenvalue weighted by Gasteiger charge is 2.07. The van der Waals surface area contributed by atoms with E-state index in [-0.39, 0.29) is 5.91 Å². The second-order valence-corrected chi connectivity index (χ2v) is 6.15. The van der Waals surface area contributed by atoms with E-state index in [2.05, 4.69) is 16.4 Å². The maximum atomic E-state index is 12.3. The fourth-order valence-corrected chi connectivity index (χ4v) is 2.85. The third kappa shape index (κ3) is 3.44. The van der Waals surface area contributed by atoms with E-state index in [0.29, 0.717) is 11.3 Å². The lowest BCUT2D eigenvalue weighted by Crippen LogP contribution is -2.11. The first-order valence-electron chi connectivity index (χ1n) is 8.41. The summed E-state index contributed by atoms with van der Waals surface area (Å²) in [6, 6.07) is 24.5. The van der Waals surface area contributed by atoms with Gasteiger partial charge in [0.15, 0.2) is 0 Å². The van der Waals surface area contributed by atoms with Crippen LogP contribution in [-0.4, -0.2) is 10.9 Å². The van der Waals surface area contributed by atoms with Crippen LogP contribution in [0.25, 0.3) is 10.9 Å². The molecule has 0 bridgehead atoms. The SMILES string of the molecule is Cc1cc2cc(Oc3ccc(C(=O)Nc4ccccc4)cc3)ccc2[nH]1. The molecule has 4 heteroatoms. The molecule has 0 aliphatic carbocycles. The first-order valence-corrected chi connectivity index (χ1v) is 8.41. The zero-order valence-corrected chi connectivity index (χ0v) is 14.3. The third-order valence-electron chi connectivity index (χ3n) is 4.11. The first-order chi connectivity index (χ1) is 12.7. The van der Waals surface area contributed by atoms with Crippen LogP contribution in [0.3, 0.4) is 0 Å². The first kappa shape index (κ1) is 16.0. The molecular weight excluding hydrogens is 324 g/mol. The second-order valence-electron chi connectivity index (χ2n) is 6.15. The molecule has 4 rings (SSSR count). The van der Waals surface area contributed by atoms with Crippen molar-refractivity contribution in [2.45, 2.75) is 6.92 Å². The number of ether oxygens (including phenoxy) is 1. The van der Waals surface area contributed by atoms with Crippen molar-refractivity contribution >= 4 is 22.5 Å². The minimum absolute atomic E-state index is 0.146. The Labute approximate surface area is 151 Å². The van der Waals surface area contributed by atoms with Crippen molar-refractivity contribution < 1.29 is 9.53 Å². The summed E-state index contributed by atoms with van der Waals surface area (Å²) in [5, 5.41) is 3.98. The van der Waals surface area contributed by atoms with E-state index >= 15 is 0 Å². The molecule has 0 aliphatic rings. The molecule has 0 unspecified atom stereocenters. The molecule has 1 heterocycles. The van der Waals surface area contributed by atoms with Crippen molar-refractivity contribution in [3.63, 3.8) is 0 Å². The number of amides is 1. The fraction of sp³-hybridized carbons (Fsp3) is 0.0455. The Hall–Kier alpha value is -3.53. The molecule has 0 saturated carbocycles. The van der Waals surface area contributed by atoms with Gasteiger partial charge >= 0.3 is 0 Å². The lowest BCUT2D eigenvalue weighted by atomic mass is 10.2.